The summed E-state index contributed by atoms with van der Waals surface area (Å²) < 4.78 is 27.6. The molecule has 0 radical (unpaired) electrons. The second-order valence-corrected chi connectivity index (χ2v) is 5.82. The summed E-state index contributed by atoms with van der Waals surface area (Å²) in [6, 6.07) is 4.32. The van der Waals surface area contributed by atoms with E-state index in [0.717, 1.165) is 9.75 Å². The first-order valence-electron chi connectivity index (χ1n) is 5.61. The number of benzene rings is 1. The molecular weight excluding hydrogens is 254 g/mol. The number of hydrogen-bond acceptors (Lipinski definition) is 2. The topological polar surface area (TPSA) is 20.2 Å². The van der Waals surface area contributed by atoms with Crippen molar-refractivity contribution < 1.29 is 13.9 Å². The first-order valence-corrected chi connectivity index (χ1v) is 6.43. The molecule has 1 aromatic carbocycles. The normalized spacial score (nSPS) is 12.8. The molecule has 0 saturated carbocycles. The lowest BCUT2D eigenvalue weighted by molar-refractivity contribution is 0.208. The van der Waals surface area contributed by atoms with Crippen LogP contribution in [0.15, 0.2) is 18.2 Å². The lowest BCUT2D eigenvalue weighted by Crippen LogP contribution is -2.07. The molecule has 0 amide bonds. The summed E-state index contributed by atoms with van der Waals surface area (Å²) >= 11 is 1.50. The van der Waals surface area contributed by atoms with Crippen molar-refractivity contribution in [2.45, 2.75) is 26.9 Å². The Kier molecular flexibility index (Phi) is 3.50. The Labute approximate surface area is 109 Å². The molecule has 0 fully saturated rings. The van der Waals surface area contributed by atoms with Crippen LogP contribution in [0.2, 0.25) is 0 Å². The van der Waals surface area contributed by atoms with E-state index in [4.69, 9.17) is 0 Å². The van der Waals surface area contributed by atoms with E-state index in [1.54, 1.807) is 13.0 Å². The SMILES string of the molecule is Cc1cc(C(O)c2c(F)ccc(C)c2F)c(C)s1. The highest BCUT2D eigenvalue weighted by atomic mass is 32.1. The molecule has 1 aromatic heterocycles. The number of halogens is 2. The summed E-state index contributed by atoms with van der Waals surface area (Å²) in [5.74, 6) is -1.39. The van der Waals surface area contributed by atoms with Gasteiger partial charge in [0.2, 0.25) is 0 Å². The Morgan fingerprint density at radius 2 is 1.83 bits per heavy atom. The minimum atomic E-state index is -1.25. The van der Waals surface area contributed by atoms with Crippen molar-refractivity contribution in [1.82, 2.24) is 0 Å². The summed E-state index contributed by atoms with van der Waals surface area (Å²) in [5.41, 5.74) is 0.631. The predicted octanol–water partition coefficient (Wildman–Crippen LogP) is 4.03. The molecule has 1 heterocycles. The lowest BCUT2D eigenvalue weighted by atomic mass is 9.99. The number of thiophene rings is 1. The van der Waals surface area contributed by atoms with Crippen LogP contribution >= 0.6 is 11.3 Å². The summed E-state index contributed by atoms with van der Waals surface area (Å²) in [6.07, 6.45) is -1.25. The van der Waals surface area contributed by atoms with Gasteiger partial charge in [-0.1, -0.05) is 6.07 Å². The maximum atomic E-state index is 13.9. The molecule has 4 heteroatoms. The van der Waals surface area contributed by atoms with Crippen molar-refractivity contribution in [3.8, 4) is 0 Å². The van der Waals surface area contributed by atoms with E-state index < -0.39 is 17.7 Å². The Bertz CT molecular complexity index is 590. The molecule has 1 N–H and O–H groups in total. The van der Waals surface area contributed by atoms with Gasteiger partial charge < -0.3 is 5.11 Å². The van der Waals surface area contributed by atoms with Crippen LogP contribution in [-0.4, -0.2) is 5.11 Å². The van der Waals surface area contributed by atoms with Gasteiger partial charge in [0.25, 0.3) is 0 Å². The van der Waals surface area contributed by atoms with Gasteiger partial charge in [-0.2, -0.15) is 0 Å². The van der Waals surface area contributed by atoms with Crippen LogP contribution in [0.3, 0.4) is 0 Å². The molecule has 1 nitrogen and oxygen atoms in total. The lowest BCUT2D eigenvalue weighted by Gasteiger charge is -2.14. The van der Waals surface area contributed by atoms with E-state index in [9.17, 15) is 13.9 Å². The van der Waals surface area contributed by atoms with Crippen LogP contribution < -0.4 is 0 Å². The molecule has 1 unspecified atom stereocenters. The van der Waals surface area contributed by atoms with Crippen molar-refractivity contribution >= 4 is 11.3 Å². The number of aliphatic hydroxyl groups is 1. The van der Waals surface area contributed by atoms with Crippen molar-refractivity contribution in [3.05, 3.63) is 56.3 Å². The Morgan fingerprint density at radius 1 is 1.17 bits per heavy atom. The van der Waals surface area contributed by atoms with Crippen LogP contribution in [0.1, 0.15) is 32.5 Å². The second-order valence-electron chi connectivity index (χ2n) is 4.36. The highest BCUT2D eigenvalue weighted by Gasteiger charge is 2.23. The highest BCUT2D eigenvalue weighted by molar-refractivity contribution is 7.12. The minimum Gasteiger partial charge on any atom is -0.383 e. The van der Waals surface area contributed by atoms with Gasteiger partial charge in [-0.15, -0.1) is 11.3 Å². The minimum absolute atomic E-state index is 0.268. The molecule has 0 bridgehead atoms. The van der Waals surface area contributed by atoms with Crippen LogP contribution in [0.4, 0.5) is 8.78 Å². The molecule has 0 saturated heterocycles. The standard InChI is InChI=1S/C14H14F2OS/c1-7-4-5-11(15)12(13(7)16)14(17)10-6-8(2)18-9(10)3/h4-6,14,17H,1-3H3. The summed E-state index contributed by atoms with van der Waals surface area (Å²) in [4.78, 5) is 1.88. The maximum absolute atomic E-state index is 13.9. The fraction of sp³-hybridized carbons (Fsp3) is 0.286. The molecular formula is C14H14F2OS. The van der Waals surface area contributed by atoms with Gasteiger partial charge in [-0.05, 0) is 44.0 Å². The zero-order valence-corrected chi connectivity index (χ0v) is 11.2. The molecule has 0 aliphatic rings. The van der Waals surface area contributed by atoms with E-state index in [1.807, 2.05) is 13.8 Å². The van der Waals surface area contributed by atoms with Gasteiger partial charge in [0, 0.05) is 9.75 Å². The average Bonchev–Trinajstić information content (AvgIpc) is 2.63. The largest absolute Gasteiger partial charge is 0.383 e. The van der Waals surface area contributed by atoms with Crippen LogP contribution in [0.5, 0.6) is 0 Å². The molecule has 0 aliphatic carbocycles. The van der Waals surface area contributed by atoms with Gasteiger partial charge in [0.15, 0.2) is 0 Å². The number of aliphatic hydroxyl groups excluding tert-OH is 1. The van der Waals surface area contributed by atoms with Crippen molar-refractivity contribution in [2.75, 3.05) is 0 Å². The first kappa shape index (κ1) is 13.2. The third-order valence-corrected chi connectivity index (χ3v) is 3.95. The summed E-state index contributed by atoms with van der Waals surface area (Å²) in [6.45, 7) is 5.29. The summed E-state index contributed by atoms with van der Waals surface area (Å²) in [7, 11) is 0. The molecule has 2 rings (SSSR count). The van der Waals surface area contributed by atoms with Crippen molar-refractivity contribution in [2.24, 2.45) is 0 Å². The van der Waals surface area contributed by atoms with E-state index in [-0.39, 0.29) is 5.56 Å². The molecule has 0 spiro atoms. The smallest absolute Gasteiger partial charge is 0.135 e. The third kappa shape index (κ3) is 2.18. The Balaban J connectivity index is 2.56. The predicted molar refractivity (Wildman–Crippen MR) is 68.9 cm³/mol. The van der Waals surface area contributed by atoms with E-state index >= 15 is 0 Å². The van der Waals surface area contributed by atoms with Gasteiger partial charge in [0.1, 0.15) is 17.7 Å². The van der Waals surface area contributed by atoms with Gasteiger partial charge >= 0.3 is 0 Å². The molecule has 0 aliphatic heterocycles. The van der Waals surface area contributed by atoms with Crippen LogP contribution in [0.25, 0.3) is 0 Å². The fourth-order valence-electron chi connectivity index (χ4n) is 2.01. The average molecular weight is 268 g/mol. The van der Waals surface area contributed by atoms with Gasteiger partial charge in [-0.3, -0.25) is 0 Å². The second kappa shape index (κ2) is 4.78. The molecule has 1 atom stereocenters. The van der Waals surface area contributed by atoms with Gasteiger partial charge in [0.05, 0.1) is 5.56 Å². The van der Waals surface area contributed by atoms with Crippen molar-refractivity contribution in [1.29, 1.82) is 0 Å². The van der Waals surface area contributed by atoms with Crippen LogP contribution in [-0.2, 0) is 0 Å². The van der Waals surface area contributed by atoms with E-state index in [2.05, 4.69) is 0 Å². The first-order chi connectivity index (χ1) is 8.41. The zero-order valence-electron chi connectivity index (χ0n) is 10.4. The van der Waals surface area contributed by atoms with E-state index in [1.165, 1.54) is 23.5 Å². The quantitative estimate of drug-likeness (QED) is 0.871. The zero-order chi connectivity index (χ0) is 13.4. The fourth-order valence-corrected chi connectivity index (χ4v) is 2.96. The monoisotopic (exact) mass is 268 g/mol. The number of hydrogen-bond donors (Lipinski definition) is 1. The Morgan fingerprint density at radius 3 is 2.39 bits per heavy atom. The summed E-state index contributed by atoms with van der Waals surface area (Å²) in [5, 5.41) is 10.2. The molecule has 96 valence electrons. The van der Waals surface area contributed by atoms with Crippen LogP contribution in [0, 0.1) is 32.4 Å². The van der Waals surface area contributed by atoms with E-state index in [0.29, 0.717) is 11.1 Å². The highest BCUT2D eigenvalue weighted by Crippen LogP contribution is 2.33. The molecule has 18 heavy (non-hydrogen) atoms. The third-order valence-electron chi connectivity index (χ3n) is 2.97. The number of rotatable bonds is 2. The number of aryl methyl sites for hydroxylation is 3. The molecule has 2 aromatic rings. The van der Waals surface area contributed by atoms with Crippen molar-refractivity contribution in [3.63, 3.8) is 0 Å². The van der Waals surface area contributed by atoms with Gasteiger partial charge in [-0.25, -0.2) is 8.78 Å². The maximum Gasteiger partial charge on any atom is 0.135 e. The Hall–Kier alpha value is -1.26.